The fourth-order valence-corrected chi connectivity index (χ4v) is 1.61. The van der Waals surface area contributed by atoms with Gasteiger partial charge in [-0.3, -0.25) is 9.36 Å². The Morgan fingerprint density at radius 1 is 1.32 bits per heavy atom. The van der Waals surface area contributed by atoms with Crippen LogP contribution >= 0.6 is 12.4 Å². The number of aromatic nitrogens is 4. The summed E-state index contributed by atoms with van der Waals surface area (Å²) in [6.45, 7) is 2.12. The van der Waals surface area contributed by atoms with E-state index in [1.807, 2.05) is 14.0 Å². The zero-order valence-electron chi connectivity index (χ0n) is 10.7. The van der Waals surface area contributed by atoms with E-state index in [-0.39, 0.29) is 19.0 Å². The lowest BCUT2D eigenvalue weighted by Gasteiger charge is -2.03. The van der Waals surface area contributed by atoms with Crippen LogP contribution in [0.25, 0.3) is 0 Å². The molecule has 0 aromatic carbocycles. The van der Waals surface area contributed by atoms with Gasteiger partial charge in [-0.05, 0) is 6.92 Å². The van der Waals surface area contributed by atoms with E-state index < -0.39 is 6.43 Å². The Morgan fingerprint density at radius 3 is 2.63 bits per heavy atom. The lowest BCUT2D eigenvalue weighted by atomic mass is 10.3. The van der Waals surface area contributed by atoms with Crippen LogP contribution in [0.3, 0.4) is 0 Å². The van der Waals surface area contributed by atoms with Gasteiger partial charge in [0.25, 0.3) is 6.43 Å². The summed E-state index contributed by atoms with van der Waals surface area (Å²) in [6.07, 6.45) is 2.55. The van der Waals surface area contributed by atoms with Crippen molar-refractivity contribution in [1.29, 1.82) is 0 Å². The summed E-state index contributed by atoms with van der Waals surface area (Å²) in [7, 11) is 1.86. The van der Waals surface area contributed by atoms with Crippen LogP contribution < -0.4 is 5.32 Å². The fourth-order valence-electron chi connectivity index (χ4n) is 1.61. The van der Waals surface area contributed by atoms with Gasteiger partial charge in [-0.25, -0.2) is 8.78 Å². The molecule has 19 heavy (non-hydrogen) atoms. The van der Waals surface area contributed by atoms with Gasteiger partial charge in [0, 0.05) is 25.4 Å². The Labute approximate surface area is 116 Å². The summed E-state index contributed by atoms with van der Waals surface area (Å²) in [5, 5.41) is 11.2. The average Bonchev–Trinajstić information content (AvgIpc) is 2.86. The summed E-state index contributed by atoms with van der Waals surface area (Å²) >= 11 is 0. The second-order valence-electron chi connectivity index (χ2n) is 4.08. The van der Waals surface area contributed by atoms with E-state index in [0.29, 0.717) is 6.54 Å². The number of nitrogens with one attached hydrogen (secondary N) is 1. The number of anilines is 1. The SMILES string of the molecule is Cc1c(NCc2cnn(CC(F)F)c2)cnn1C.Cl. The monoisotopic (exact) mass is 291 g/mol. The first-order valence-corrected chi connectivity index (χ1v) is 5.58. The minimum Gasteiger partial charge on any atom is -0.378 e. The van der Waals surface area contributed by atoms with Crippen molar-refractivity contribution in [2.45, 2.75) is 26.4 Å². The number of hydrogen-bond acceptors (Lipinski definition) is 3. The molecule has 106 valence electrons. The summed E-state index contributed by atoms with van der Waals surface area (Å²) in [4.78, 5) is 0. The van der Waals surface area contributed by atoms with E-state index >= 15 is 0 Å². The smallest absolute Gasteiger partial charge is 0.257 e. The molecule has 2 aromatic rings. The van der Waals surface area contributed by atoms with Crippen LogP contribution in [0.5, 0.6) is 0 Å². The zero-order chi connectivity index (χ0) is 13.1. The highest BCUT2D eigenvalue weighted by atomic mass is 35.5. The molecule has 5 nitrogen and oxygen atoms in total. The van der Waals surface area contributed by atoms with Crippen molar-refractivity contribution in [3.8, 4) is 0 Å². The van der Waals surface area contributed by atoms with Crippen LogP contribution in [0, 0.1) is 6.92 Å². The molecule has 0 aliphatic heterocycles. The van der Waals surface area contributed by atoms with Gasteiger partial charge in [0.2, 0.25) is 0 Å². The molecule has 1 N–H and O–H groups in total. The largest absolute Gasteiger partial charge is 0.378 e. The third-order valence-electron chi connectivity index (χ3n) is 2.73. The molecular weight excluding hydrogens is 276 g/mol. The quantitative estimate of drug-likeness (QED) is 0.919. The van der Waals surface area contributed by atoms with Gasteiger partial charge in [0.15, 0.2) is 0 Å². The van der Waals surface area contributed by atoms with Crippen molar-refractivity contribution in [2.75, 3.05) is 5.32 Å². The maximum absolute atomic E-state index is 12.1. The predicted molar refractivity (Wildman–Crippen MR) is 70.8 cm³/mol. The molecule has 2 aromatic heterocycles. The predicted octanol–water partition coefficient (Wildman–Crippen LogP) is 2.22. The number of halogens is 3. The molecule has 8 heteroatoms. The van der Waals surface area contributed by atoms with Crippen LogP contribution in [-0.4, -0.2) is 26.0 Å². The van der Waals surface area contributed by atoms with Crippen LogP contribution in [0.4, 0.5) is 14.5 Å². The van der Waals surface area contributed by atoms with E-state index in [1.165, 1.54) is 4.68 Å². The van der Waals surface area contributed by atoms with Crippen molar-refractivity contribution in [3.63, 3.8) is 0 Å². The molecule has 0 atom stereocenters. The lowest BCUT2D eigenvalue weighted by molar-refractivity contribution is 0.122. The standard InChI is InChI=1S/C11H15F2N5.ClH/c1-8-10(5-15-17(8)2)14-3-9-4-16-18(6-9)7-11(12)13;/h4-6,11,14H,3,7H2,1-2H3;1H. The molecular formula is C11H16ClF2N5. The van der Waals surface area contributed by atoms with Gasteiger partial charge in [-0.15, -0.1) is 12.4 Å². The van der Waals surface area contributed by atoms with E-state index in [4.69, 9.17) is 0 Å². The molecule has 0 amide bonds. The third kappa shape index (κ3) is 3.92. The van der Waals surface area contributed by atoms with Crippen LogP contribution in [-0.2, 0) is 20.1 Å². The van der Waals surface area contributed by atoms with Crippen LogP contribution in [0.2, 0.25) is 0 Å². The first-order chi connectivity index (χ1) is 8.56. The van der Waals surface area contributed by atoms with Crippen molar-refractivity contribution in [2.24, 2.45) is 7.05 Å². The Balaban J connectivity index is 0.00000180. The second kappa shape index (κ2) is 6.51. The Morgan fingerprint density at radius 2 is 2.05 bits per heavy atom. The van der Waals surface area contributed by atoms with Gasteiger partial charge >= 0.3 is 0 Å². The van der Waals surface area contributed by atoms with Gasteiger partial charge in [-0.2, -0.15) is 10.2 Å². The molecule has 0 radical (unpaired) electrons. The summed E-state index contributed by atoms with van der Waals surface area (Å²) in [5.74, 6) is 0. The van der Waals surface area contributed by atoms with Crippen molar-refractivity contribution < 1.29 is 8.78 Å². The maximum Gasteiger partial charge on any atom is 0.257 e. The van der Waals surface area contributed by atoms with Crippen molar-refractivity contribution in [3.05, 3.63) is 29.8 Å². The number of rotatable bonds is 5. The van der Waals surface area contributed by atoms with Gasteiger partial charge in [-0.1, -0.05) is 0 Å². The summed E-state index contributed by atoms with van der Waals surface area (Å²) in [6, 6.07) is 0. The lowest BCUT2D eigenvalue weighted by Crippen LogP contribution is -2.06. The van der Waals surface area contributed by atoms with E-state index in [0.717, 1.165) is 16.9 Å². The van der Waals surface area contributed by atoms with Gasteiger partial charge < -0.3 is 5.32 Å². The molecule has 2 rings (SSSR count). The zero-order valence-corrected chi connectivity index (χ0v) is 11.5. The van der Waals surface area contributed by atoms with Crippen LogP contribution in [0.1, 0.15) is 11.3 Å². The van der Waals surface area contributed by atoms with Gasteiger partial charge in [0.1, 0.15) is 6.54 Å². The Hall–Kier alpha value is -1.63. The van der Waals surface area contributed by atoms with E-state index in [1.54, 1.807) is 23.3 Å². The van der Waals surface area contributed by atoms with Gasteiger partial charge in [0.05, 0.1) is 23.8 Å². The Kier molecular flexibility index (Phi) is 5.29. The highest BCUT2D eigenvalue weighted by Crippen LogP contribution is 2.13. The molecule has 0 saturated heterocycles. The molecule has 0 unspecified atom stereocenters. The summed E-state index contributed by atoms with van der Waals surface area (Å²) < 4.78 is 27.3. The molecule has 0 saturated carbocycles. The van der Waals surface area contributed by atoms with Crippen molar-refractivity contribution >= 4 is 18.1 Å². The number of alkyl halides is 2. The molecule has 0 aliphatic carbocycles. The normalized spacial score (nSPS) is 10.6. The molecule has 0 bridgehead atoms. The maximum atomic E-state index is 12.1. The average molecular weight is 292 g/mol. The minimum absolute atomic E-state index is 0. The van der Waals surface area contributed by atoms with E-state index in [9.17, 15) is 8.78 Å². The molecule has 0 fully saturated rings. The number of nitrogens with zero attached hydrogens (tertiary/aromatic N) is 4. The fraction of sp³-hybridized carbons (Fsp3) is 0.455. The molecule has 0 aliphatic rings. The highest BCUT2D eigenvalue weighted by molar-refractivity contribution is 5.85. The third-order valence-corrected chi connectivity index (χ3v) is 2.73. The minimum atomic E-state index is -2.38. The first-order valence-electron chi connectivity index (χ1n) is 5.58. The first kappa shape index (κ1) is 15.4. The molecule has 2 heterocycles. The second-order valence-corrected chi connectivity index (χ2v) is 4.08. The van der Waals surface area contributed by atoms with E-state index in [2.05, 4.69) is 15.5 Å². The summed E-state index contributed by atoms with van der Waals surface area (Å²) in [5.41, 5.74) is 2.81. The number of hydrogen-bond donors (Lipinski definition) is 1. The van der Waals surface area contributed by atoms with Crippen LogP contribution in [0.15, 0.2) is 18.6 Å². The topological polar surface area (TPSA) is 47.7 Å². The Bertz CT molecular complexity index is 523. The number of aryl methyl sites for hydroxylation is 1. The molecule has 0 spiro atoms. The highest BCUT2D eigenvalue weighted by Gasteiger charge is 2.07. The van der Waals surface area contributed by atoms with Crippen molar-refractivity contribution in [1.82, 2.24) is 19.6 Å².